The summed E-state index contributed by atoms with van der Waals surface area (Å²) in [5.41, 5.74) is 0.958. The smallest absolute Gasteiger partial charge is 0.185 e. The Bertz CT molecular complexity index is 262. The van der Waals surface area contributed by atoms with E-state index in [1.807, 2.05) is 39.8 Å². The van der Waals surface area contributed by atoms with E-state index < -0.39 is 0 Å². The van der Waals surface area contributed by atoms with E-state index in [4.69, 9.17) is 9.47 Å². The summed E-state index contributed by atoms with van der Waals surface area (Å²) in [4.78, 5) is 4.06. The summed E-state index contributed by atoms with van der Waals surface area (Å²) in [6.45, 7) is 7.97. The van der Waals surface area contributed by atoms with Crippen LogP contribution < -0.4 is 0 Å². The molecule has 0 radical (unpaired) electrons. The second-order valence-corrected chi connectivity index (χ2v) is 3.99. The van der Waals surface area contributed by atoms with Crippen molar-refractivity contribution >= 4 is 0 Å². The summed E-state index contributed by atoms with van der Waals surface area (Å²) < 4.78 is 11.4. The zero-order valence-electron chi connectivity index (χ0n) is 9.81. The monoisotopic (exact) mass is 209 g/mol. The van der Waals surface area contributed by atoms with Gasteiger partial charge in [0.25, 0.3) is 0 Å². The first kappa shape index (κ1) is 12.1. The van der Waals surface area contributed by atoms with Gasteiger partial charge >= 0.3 is 0 Å². The van der Waals surface area contributed by atoms with E-state index in [2.05, 4.69) is 4.98 Å². The first-order valence-corrected chi connectivity index (χ1v) is 5.30. The predicted octanol–water partition coefficient (Wildman–Crippen LogP) is 2.93. The molecular formula is C12H19NO2. The molecule has 0 fully saturated rings. The molecule has 1 rings (SSSR count). The topological polar surface area (TPSA) is 31.4 Å². The van der Waals surface area contributed by atoms with Gasteiger partial charge in [0.1, 0.15) is 0 Å². The highest BCUT2D eigenvalue weighted by molar-refractivity contribution is 5.10. The summed E-state index contributed by atoms with van der Waals surface area (Å²) in [6, 6.07) is 3.85. The van der Waals surface area contributed by atoms with Gasteiger partial charge in [-0.25, -0.2) is 0 Å². The number of hydrogen-bond donors (Lipinski definition) is 0. The molecule has 0 atom stereocenters. The van der Waals surface area contributed by atoms with Crippen molar-refractivity contribution in [3.05, 3.63) is 30.1 Å². The van der Waals surface area contributed by atoms with Gasteiger partial charge in [0.15, 0.2) is 6.29 Å². The van der Waals surface area contributed by atoms with E-state index in [-0.39, 0.29) is 18.5 Å². The Balaban J connectivity index is 2.72. The van der Waals surface area contributed by atoms with Crippen molar-refractivity contribution < 1.29 is 9.47 Å². The molecule has 0 unspecified atom stereocenters. The lowest BCUT2D eigenvalue weighted by Crippen LogP contribution is -2.17. The first-order chi connectivity index (χ1) is 7.09. The average molecular weight is 209 g/mol. The zero-order chi connectivity index (χ0) is 11.3. The fourth-order valence-electron chi connectivity index (χ4n) is 1.20. The molecule has 0 amide bonds. The third-order valence-corrected chi connectivity index (χ3v) is 1.75. The van der Waals surface area contributed by atoms with Crippen molar-refractivity contribution in [2.24, 2.45) is 0 Å². The summed E-state index contributed by atoms with van der Waals surface area (Å²) in [5, 5.41) is 0. The van der Waals surface area contributed by atoms with Crippen molar-refractivity contribution in [1.82, 2.24) is 4.98 Å². The van der Waals surface area contributed by atoms with E-state index in [9.17, 15) is 0 Å². The summed E-state index contributed by atoms with van der Waals surface area (Å²) in [6.07, 6.45) is 3.46. The fourth-order valence-corrected chi connectivity index (χ4v) is 1.20. The van der Waals surface area contributed by atoms with Gasteiger partial charge in [-0.15, -0.1) is 0 Å². The van der Waals surface area contributed by atoms with Gasteiger partial charge in [-0.05, 0) is 33.8 Å². The van der Waals surface area contributed by atoms with Crippen molar-refractivity contribution in [2.45, 2.75) is 46.2 Å². The molecule has 3 nitrogen and oxygen atoms in total. The first-order valence-electron chi connectivity index (χ1n) is 5.30. The van der Waals surface area contributed by atoms with Crippen molar-refractivity contribution in [3.63, 3.8) is 0 Å². The van der Waals surface area contributed by atoms with Crippen LogP contribution in [0.25, 0.3) is 0 Å². The molecule has 0 aromatic carbocycles. The van der Waals surface area contributed by atoms with Crippen LogP contribution in [0.5, 0.6) is 0 Å². The van der Waals surface area contributed by atoms with Crippen LogP contribution in [0.15, 0.2) is 24.5 Å². The summed E-state index contributed by atoms with van der Waals surface area (Å²) in [5.74, 6) is 0. The van der Waals surface area contributed by atoms with Gasteiger partial charge in [0, 0.05) is 18.0 Å². The van der Waals surface area contributed by atoms with Gasteiger partial charge in [-0.3, -0.25) is 4.98 Å². The highest BCUT2D eigenvalue weighted by atomic mass is 16.7. The van der Waals surface area contributed by atoms with Crippen LogP contribution in [0.1, 0.15) is 39.5 Å². The second kappa shape index (κ2) is 5.83. The summed E-state index contributed by atoms with van der Waals surface area (Å²) in [7, 11) is 0. The average Bonchev–Trinajstić information content (AvgIpc) is 2.17. The Morgan fingerprint density at radius 2 is 1.67 bits per heavy atom. The van der Waals surface area contributed by atoms with Crippen molar-refractivity contribution in [3.8, 4) is 0 Å². The highest BCUT2D eigenvalue weighted by Crippen LogP contribution is 2.21. The highest BCUT2D eigenvalue weighted by Gasteiger charge is 2.15. The van der Waals surface area contributed by atoms with Crippen LogP contribution in [0.3, 0.4) is 0 Å². The Labute approximate surface area is 91.4 Å². The Kier molecular flexibility index (Phi) is 4.72. The molecule has 1 heterocycles. The Morgan fingerprint density at radius 1 is 1.07 bits per heavy atom. The molecule has 0 aliphatic rings. The zero-order valence-corrected chi connectivity index (χ0v) is 9.81. The van der Waals surface area contributed by atoms with E-state index in [0.29, 0.717) is 0 Å². The molecule has 0 spiro atoms. The number of aromatic nitrogens is 1. The minimum Gasteiger partial charge on any atom is -0.346 e. The molecular weight excluding hydrogens is 190 g/mol. The lowest BCUT2D eigenvalue weighted by molar-refractivity contribution is -0.185. The quantitative estimate of drug-likeness (QED) is 0.699. The van der Waals surface area contributed by atoms with E-state index in [1.54, 1.807) is 12.4 Å². The van der Waals surface area contributed by atoms with E-state index in [1.165, 1.54) is 0 Å². The van der Waals surface area contributed by atoms with Crippen LogP contribution in [0.4, 0.5) is 0 Å². The molecule has 15 heavy (non-hydrogen) atoms. The molecule has 0 aliphatic heterocycles. The lowest BCUT2D eigenvalue weighted by Gasteiger charge is -2.22. The predicted molar refractivity (Wildman–Crippen MR) is 59.4 cm³/mol. The Morgan fingerprint density at radius 3 is 2.07 bits per heavy atom. The van der Waals surface area contributed by atoms with Crippen LogP contribution in [0.2, 0.25) is 0 Å². The van der Waals surface area contributed by atoms with Crippen LogP contribution in [-0.4, -0.2) is 17.2 Å². The van der Waals surface area contributed by atoms with Crippen LogP contribution >= 0.6 is 0 Å². The molecule has 0 N–H and O–H groups in total. The van der Waals surface area contributed by atoms with Crippen molar-refractivity contribution in [2.75, 3.05) is 0 Å². The van der Waals surface area contributed by atoms with Gasteiger partial charge in [-0.2, -0.15) is 0 Å². The van der Waals surface area contributed by atoms with Crippen LogP contribution in [0, 0.1) is 0 Å². The molecule has 0 aliphatic carbocycles. The second-order valence-electron chi connectivity index (χ2n) is 3.99. The third-order valence-electron chi connectivity index (χ3n) is 1.75. The molecule has 0 saturated heterocycles. The maximum Gasteiger partial charge on any atom is 0.185 e. The van der Waals surface area contributed by atoms with Gasteiger partial charge in [0.05, 0.1) is 12.2 Å². The maximum atomic E-state index is 5.68. The number of ether oxygens (including phenoxy) is 2. The minimum atomic E-state index is -0.321. The van der Waals surface area contributed by atoms with E-state index >= 15 is 0 Å². The number of rotatable bonds is 5. The van der Waals surface area contributed by atoms with Crippen molar-refractivity contribution in [1.29, 1.82) is 0 Å². The summed E-state index contributed by atoms with van der Waals surface area (Å²) >= 11 is 0. The molecule has 1 aromatic rings. The number of hydrogen-bond acceptors (Lipinski definition) is 3. The molecule has 0 saturated carbocycles. The third kappa shape index (κ3) is 4.40. The molecule has 1 aromatic heterocycles. The maximum absolute atomic E-state index is 5.68. The lowest BCUT2D eigenvalue weighted by atomic mass is 10.2. The molecule has 0 bridgehead atoms. The van der Waals surface area contributed by atoms with Gasteiger partial charge in [0.2, 0.25) is 0 Å². The Hall–Kier alpha value is -0.930. The van der Waals surface area contributed by atoms with Crippen LogP contribution in [-0.2, 0) is 9.47 Å². The SMILES string of the molecule is CC(C)OC(OC(C)C)c1cccnc1. The fraction of sp³-hybridized carbons (Fsp3) is 0.583. The largest absolute Gasteiger partial charge is 0.346 e. The standard InChI is InChI=1S/C12H19NO2/c1-9(2)14-12(15-10(3)4)11-6-5-7-13-8-11/h5-10,12H,1-4H3. The number of pyridine rings is 1. The minimum absolute atomic E-state index is 0.133. The number of nitrogens with zero attached hydrogens (tertiary/aromatic N) is 1. The van der Waals surface area contributed by atoms with Gasteiger partial charge < -0.3 is 9.47 Å². The molecule has 84 valence electrons. The van der Waals surface area contributed by atoms with E-state index in [0.717, 1.165) is 5.56 Å². The molecule has 3 heteroatoms. The normalized spacial score (nSPS) is 11.7. The van der Waals surface area contributed by atoms with Gasteiger partial charge in [-0.1, -0.05) is 6.07 Å².